The Morgan fingerprint density at radius 1 is 1.35 bits per heavy atom. The minimum absolute atomic E-state index is 0.202. The molecule has 1 aliphatic carbocycles. The van der Waals surface area contributed by atoms with E-state index in [0.717, 1.165) is 12.8 Å². The average molecular weight is 298 g/mol. The summed E-state index contributed by atoms with van der Waals surface area (Å²) in [5, 5.41) is 12.6. The van der Waals surface area contributed by atoms with Gasteiger partial charge in [0.05, 0.1) is 0 Å². The molecular formula is C14H22N2O3S. The van der Waals surface area contributed by atoms with Gasteiger partial charge in [-0.3, -0.25) is 0 Å². The SMILES string of the molecule is CS(=O)(=O)c1cccnc1NCC1CCCCC1CO. The number of aromatic nitrogens is 1. The minimum Gasteiger partial charge on any atom is -0.396 e. The van der Waals surface area contributed by atoms with E-state index in [2.05, 4.69) is 10.3 Å². The Balaban J connectivity index is 2.07. The highest BCUT2D eigenvalue weighted by molar-refractivity contribution is 7.90. The van der Waals surface area contributed by atoms with Gasteiger partial charge in [0.15, 0.2) is 9.84 Å². The molecule has 1 heterocycles. The third-order valence-corrected chi connectivity index (χ3v) is 5.13. The van der Waals surface area contributed by atoms with Crippen molar-refractivity contribution in [2.45, 2.75) is 30.6 Å². The summed E-state index contributed by atoms with van der Waals surface area (Å²) >= 11 is 0. The van der Waals surface area contributed by atoms with Gasteiger partial charge in [-0.2, -0.15) is 0 Å². The zero-order chi connectivity index (χ0) is 14.6. The van der Waals surface area contributed by atoms with Gasteiger partial charge in [0.2, 0.25) is 0 Å². The van der Waals surface area contributed by atoms with Gasteiger partial charge in [-0.25, -0.2) is 13.4 Å². The van der Waals surface area contributed by atoms with E-state index in [1.807, 2.05) is 0 Å². The maximum atomic E-state index is 11.7. The molecule has 0 bridgehead atoms. The second kappa shape index (κ2) is 6.54. The Kier molecular flexibility index (Phi) is 4.99. The van der Waals surface area contributed by atoms with Gasteiger partial charge in [-0.05, 0) is 36.8 Å². The summed E-state index contributed by atoms with van der Waals surface area (Å²) in [6.45, 7) is 0.859. The fraction of sp³-hybridized carbons (Fsp3) is 0.643. The second-order valence-corrected chi connectivity index (χ2v) is 7.47. The third-order valence-electron chi connectivity index (χ3n) is 4.00. The summed E-state index contributed by atoms with van der Waals surface area (Å²) in [6, 6.07) is 3.19. The molecular weight excluding hydrogens is 276 g/mol. The molecule has 112 valence electrons. The molecule has 0 amide bonds. The molecule has 0 saturated heterocycles. The van der Waals surface area contributed by atoms with Crippen LogP contribution in [0, 0.1) is 11.8 Å². The Bertz CT molecular complexity index is 545. The van der Waals surface area contributed by atoms with Crippen molar-refractivity contribution < 1.29 is 13.5 Å². The van der Waals surface area contributed by atoms with E-state index < -0.39 is 9.84 Å². The number of aliphatic hydroxyl groups is 1. The van der Waals surface area contributed by atoms with Crippen molar-refractivity contribution in [1.82, 2.24) is 4.98 Å². The first-order valence-electron chi connectivity index (χ1n) is 7.02. The number of anilines is 1. The van der Waals surface area contributed by atoms with Gasteiger partial charge >= 0.3 is 0 Å². The van der Waals surface area contributed by atoms with Gasteiger partial charge in [0.25, 0.3) is 0 Å². The summed E-state index contributed by atoms with van der Waals surface area (Å²) in [5.74, 6) is 1.10. The van der Waals surface area contributed by atoms with Crippen molar-refractivity contribution in [2.75, 3.05) is 24.7 Å². The van der Waals surface area contributed by atoms with Crippen LogP contribution in [0.5, 0.6) is 0 Å². The van der Waals surface area contributed by atoms with Crippen molar-refractivity contribution in [3.05, 3.63) is 18.3 Å². The molecule has 0 aromatic carbocycles. The Labute approximate surface area is 120 Å². The predicted octanol–water partition coefficient (Wildman–Crippen LogP) is 1.70. The molecule has 2 N–H and O–H groups in total. The van der Waals surface area contributed by atoms with Crippen molar-refractivity contribution in [1.29, 1.82) is 0 Å². The summed E-state index contributed by atoms with van der Waals surface area (Å²) < 4.78 is 23.4. The molecule has 1 fully saturated rings. The summed E-state index contributed by atoms with van der Waals surface area (Å²) in [5.41, 5.74) is 0. The average Bonchev–Trinajstić information content (AvgIpc) is 2.44. The van der Waals surface area contributed by atoms with E-state index in [9.17, 15) is 13.5 Å². The zero-order valence-corrected chi connectivity index (χ0v) is 12.6. The largest absolute Gasteiger partial charge is 0.396 e. The highest BCUT2D eigenvalue weighted by Gasteiger charge is 2.25. The van der Waals surface area contributed by atoms with Crippen LogP contribution < -0.4 is 5.32 Å². The number of rotatable bonds is 5. The smallest absolute Gasteiger partial charge is 0.179 e. The topological polar surface area (TPSA) is 79.3 Å². The standard InChI is InChI=1S/C14H22N2O3S/c1-20(18,19)13-7-4-8-15-14(13)16-9-11-5-2-3-6-12(11)10-17/h4,7-8,11-12,17H,2-3,5-6,9-10H2,1H3,(H,15,16). The predicted molar refractivity (Wildman–Crippen MR) is 78.4 cm³/mol. The zero-order valence-electron chi connectivity index (χ0n) is 11.7. The van der Waals surface area contributed by atoms with Crippen LogP contribution >= 0.6 is 0 Å². The first-order valence-corrected chi connectivity index (χ1v) is 8.91. The quantitative estimate of drug-likeness (QED) is 0.865. The summed E-state index contributed by atoms with van der Waals surface area (Å²) in [7, 11) is -3.28. The first-order chi connectivity index (χ1) is 9.52. The van der Waals surface area contributed by atoms with Crippen LogP contribution in [0.4, 0.5) is 5.82 Å². The van der Waals surface area contributed by atoms with E-state index in [0.29, 0.717) is 24.2 Å². The van der Waals surface area contributed by atoms with Crippen molar-refractivity contribution >= 4 is 15.7 Å². The number of pyridine rings is 1. The molecule has 0 spiro atoms. The number of hydrogen-bond acceptors (Lipinski definition) is 5. The number of sulfone groups is 1. The maximum Gasteiger partial charge on any atom is 0.179 e. The van der Waals surface area contributed by atoms with E-state index in [-0.39, 0.29) is 11.5 Å². The fourth-order valence-electron chi connectivity index (χ4n) is 2.84. The van der Waals surface area contributed by atoms with E-state index >= 15 is 0 Å². The lowest BCUT2D eigenvalue weighted by Crippen LogP contribution is -2.29. The normalized spacial score (nSPS) is 23.5. The van der Waals surface area contributed by atoms with Crippen LogP contribution in [0.15, 0.2) is 23.2 Å². The summed E-state index contributed by atoms with van der Waals surface area (Å²) in [4.78, 5) is 4.36. The third kappa shape index (κ3) is 3.70. The molecule has 0 radical (unpaired) electrons. The van der Waals surface area contributed by atoms with Crippen molar-refractivity contribution in [3.63, 3.8) is 0 Å². The van der Waals surface area contributed by atoms with Crippen LogP contribution in [0.3, 0.4) is 0 Å². The molecule has 0 aliphatic heterocycles. The molecule has 2 atom stereocenters. The van der Waals surface area contributed by atoms with E-state index in [1.165, 1.54) is 19.1 Å². The van der Waals surface area contributed by atoms with Crippen LogP contribution in [-0.4, -0.2) is 37.9 Å². The van der Waals surface area contributed by atoms with Gasteiger partial charge in [0.1, 0.15) is 10.7 Å². The molecule has 1 aromatic rings. The Morgan fingerprint density at radius 2 is 2.05 bits per heavy atom. The monoisotopic (exact) mass is 298 g/mol. The van der Waals surface area contributed by atoms with Crippen LogP contribution in [0.25, 0.3) is 0 Å². The number of hydrogen-bond donors (Lipinski definition) is 2. The van der Waals surface area contributed by atoms with Crippen molar-refractivity contribution in [2.24, 2.45) is 11.8 Å². The Hall–Kier alpha value is -1.14. The van der Waals surface area contributed by atoms with Crippen LogP contribution in [0.1, 0.15) is 25.7 Å². The Morgan fingerprint density at radius 3 is 2.70 bits per heavy atom. The number of aliphatic hydroxyl groups excluding tert-OH is 1. The highest BCUT2D eigenvalue weighted by atomic mass is 32.2. The van der Waals surface area contributed by atoms with Crippen molar-refractivity contribution in [3.8, 4) is 0 Å². The van der Waals surface area contributed by atoms with Gasteiger partial charge in [0, 0.05) is 25.6 Å². The molecule has 2 rings (SSSR count). The summed E-state index contributed by atoms with van der Waals surface area (Å²) in [6.07, 6.45) is 7.22. The number of nitrogens with one attached hydrogen (secondary N) is 1. The molecule has 1 aliphatic rings. The van der Waals surface area contributed by atoms with E-state index in [1.54, 1.807) is 18.3 Å². The van der Waals surface area contributed by atoms with E-state index in [4.69, 9.17) is 0 Å². The fourth-order valence-corrected chi connectivity index (χ4v) is 3.65. The minimum atomic E-state index is -3.28. The molecule has 1 aromatic heterocycles. The lowest BCUT2D eigenvalue weighted by molar-refractivity contribution is 0.141. The molecule has 6 heteroatoms. The van der Waals surface area contributed by atoms with Gasteiger partial charge in [-0.1, -0.05) is 12.8 Å². The lowest BCUT2D eigenvalue weighted by Gasteiger charge is -2.30. The molecule has 2 unspecified atom stereocenters. The second-order valence-electron chi connectivity index (χ2n) is 5.49. The van der Waals surface area contributed by atoms with Crippen LogP contribution in [-0.2, 0) is 9.84 Å². The number of nitrogens with zero attached hydrogens (tertiary/aromatic N) is 1. The van der Waals surface area contributed by atoms with Crippen LogP contribution in [0.2, 0.25) is 0 Å². The molecule has 20 heavy (non-hydrogen) atoms. The first kappa shape index (κ1) is 15.3. The molecule has 1 saturated carbocycles. The maximum absolute atomic E-state index is 11.7. The van der Waals surface area contributed by atoms with Gasteiger partial charge < -0.3 is 10.4 Å². The molecule has 5 nitrogen and oxygen atoms in total. The highest BCUT2D eigenvalue weighted by Crippen LogP contribution is 2.30. The van der Waals surface area contributed by atoms with Gasteiger partial charge in [-0.15, -0.1) is 0 Å². The lowest BCUT2D eigenvalue weighted by atomic mass is 9.79.